The first-order chi connectivity index (χ1) is 14.0. The number of methoxy groups -OCH3 is 1. The molecule has 29 heavy (non-hydrogen) atoms. The molecule has 6 nitrogen and oxygen atoms in total. The summed E-state index contributed by atoms with van der Waals surface area (Å²) in [6.45, 7) is 4.77. The zero-order valence-electron chi connectivity index (χ0n) is 16.6. The summed E-state index contributed by atoms with van der Waals surface area (Å²) < 4.78 is 7.26. The van der Waals surface area contributed by atoms with E-state index in [4.69, 9.17) is 16.3 Å². The summed E-state index contributed by atoms with van der Waals surface area (Å²) in [7, 11) is 1.63. The van der Waals surface area contributed by atoms with E-state index in [-0.39, 0.29) is 11.7 Å². The number of nitrogens with zero attached hydrogens (tertiary/aromatic N) is 3. The van der Waals surface area contributed by atoms with Gasteiger partial charge in [0, 0.05) is 22.8 Å². The minimum Gasteiger partial charge on any atom is -0.497 e. The van der Waals surface area contributed by atoms with Crippen molar-refractivity contribution in [3.05, 3.63) is 53.6 Å². The van der Waals surface area contributed by atoms with Crippen LogP contribution in [0.5, 0.6) is 5.75 Å². The van der Waals surface area contributed by atoms with Crippen molar-refractivity contribution in [3.63, 3.8) is 0 Å². The van der Waals surface area contributed by atoms with Crippen LogP contribution in [0.3, 0.4) is 0 Å². The number of carbonyl (C=O) groups is 1. The van der Waals surface area contributed by atoms with Crippen LogP contribution in [0.15, 0.2) is 53.7 Å². The van der Waals surface area contributed by atoms with Crippen molar-refractivity contribution in [2.75, 3.05) is 19.4 Å². The molecule has 0 spiro atoms. The molecular weight excluding hydrogens is 408 g/mol. The van der Waals surface area contributed by atoms with E-state index in [2.05, 4.69) is 29.4 Å². The Morgan fingerprint density at radius 2 is 1.97 bits per heavy atom. The number of halogens is 1. The maximum atomic E-state index is 12.2. The van der Waals surface area contributed by atoms with Crippen molar-refractivity contribution >= 4 is 29.3 Å². The molecule has 0 fully saturated rings. The average Bonchev–Trinajstić information content (AvgIpc) is 3.15. The lowest BCUT2D eigenvalue weighted by atomic mass is 10.2. The normalized spacial score (nSPS) is 10.9. The number of thioether (sulfide) groups is 1. The SMILES string of the molecule is COc1cccc(-c2nnc(SCC(=O)NCC(C)C)n2-c2ccc(Cl)cc2)c1. The molecule has 3 rings (SSSR count). The van der Waals surface area contributed by atoms with E-state index in [1.807, 2.05) is 53.1 Å². The highest BCUT2D eigenvalue weighted by atomic mass is 35.5. The first-order valence-electron chi connectivity index (χ1n) is 9.23. The molecule has 0 saturated carbocycles. The summed E-state index contributed by atoms with van der Waals surface area (Å²) in [6.07, 6.45) is 0. The number of amides is 1. The van der Waals surface area contributed by atoms with E-state index in [1.165, 1.54) is 11.8 Å². The van der Waals surface area contributed by atoms with Crippen LogP contribution in [0.4, 0.5) is 0 Å². The molecule has 1 N–H and O–H groups in total. The second-order valence-corrected chi connectivity index (χ2v) is 8.22. The van der Waals surface area contributed by atoms with Crippen LogP contribution in [0.25, 0.3) is 17.1 Å². The van der Waals surface area contributed by atoms with Crippen molar-refractivity contribution in [2.24, 2.45) is 5.92 Å². The van der Waals surface area contributed by atoms with Crippen molar-refractivity contribution in [2.45, 2.75) is 19.0 Å². The minimum atomic E-state index is -0.0303. The zero-order valence-corrected chi connectivity index (χ0v) is 18.1. The minimum absolute atomic E-state index is 0.0303. The molecule has 2 aromatic carbocycles. The van der Waals surface area contributed by atoms with Crippen LogP contribution in [0.1, 0.15) is 13.8 Å². The zero-order chi connectivity index (χ0) is 20.8. The van der Waals surface area contributed by atoms with Gasteiger partial charge in [-0.1, -0.05) is 49.3 Å². The highest BCUT2D eigenvalue weighted by molar-refractivity contribution is 7.99. The Hall–Kier alpha value is -2.51. The van der Waals surface area contributed by atoms with Gasteiger partial charge in [-0.15, -0.1) is 10.2 Å². The van der Waals surface area contributed by atoms with Crippen LogP contribution < -0.4 is 10.1 Å². The van der Waals surface area contributed by atoms with Crippen molar-refractivity contribution in [3.8, 4) is 22.8 Å². The number of nitrogens with one attached hydrogen (secondary N) is 1. The molecule has 0 aliphatic rings. The molecule has 8 heteroatoms. The van der Waals surface area contributed by atoms with Crippen LogP contribution in [0.2, 0.25) is 5.02 Å². The van der Waals surface area contributed by atoms with Gasteiger partial charge in [-0.3, -0.25) is 9.36 Å². The van der Waals surface area contributed by atoms with Gasteiger partial charge in [0.2, 0.25) is 5.91 Å². The van der Waals surface area contributed by atoms with Gasteiger partial charge in [-0.2, -0.15) is 0 Å². The molecule has 1 heterocycles. The highest BCUT2D eigenvalue weighted by Crippen LogP contribution is 2.30. The Balaban J connectivity index is 1.93. The van der Waals surface area contributed by atoms with E-state index >= 15 is 0 Å². The number of hydrogen-bond acceptors (Lipinski definition) is 5. The fraction of sp³-hybridized carbons (Fsp3) is 0.286. The first kappa shape index (κ1) is 21.2. The van der Waals surface area contributed by atoms with Crippen LogP contribution in [-0.4, -0.2) is 40.1 Å². The predicted molar refractivity (Wildman–Crippen MR) is 117 cm³/mol. The molecule has 1 aromatic heterocycles. The predicted octanol–water partition coefficient (Wildman–Crippen LogP) is 4.46. The number of benzene rings is 2. The topological polar surface area (TPSA) is 69.0 Å². The van der Waals surface area contributed by atoms with Gasteiger partial charge in [0.1, 0.15) is 5.75 Å². The Morgan fingerprint density at radius 1 is 1.21 bits per heavy atom. The molecule has 0 atom stereocenters. The van der Waals surface area contributed by atoms with Gasteiger partial charge in [0.25, 0.3) is 0 Å². The second-order valence-electron chi connectivity index (χ2n) is 6.84. The van der Waals surface area contributed by atoms with Crippen molar-refractivity contribution in [1.29, 1.82) is 0 Å². The largest absolute Gasteiger partial charge is 0.497 e. The van der Waals surface area contributed by atoms with Gasteiger partial charge in [-0.05, 0) is 42.3 Å². The average molecular weight is 431 g/mol. The number of ether oxygens (including phenoxy) is 1. The molecule has 0 unspecified atom stereocenters. The van der Waals surface area contributed by atoms with E-state index < -0.39 is 0 Å². The molecule has 3 aromatic rings. The number of aromatic nitrogens is 3. The first-order valence-corrected chi connectivity index (χ1v) is 10.6. The smallest absolute Gasteiger partial charge is 0.230 e. The summed E-state index contributed by atoms with van der Waals surface area (Å²) in [5.74, 6) is 2.03. The number of carbonyl (C=O) groups excluding carboxylic acids is 1. The maximum Gasteiger partial charge on any atom is 0.230 e. The molecule has 0 bridgehead atoms. The fourth-order valence-corrected chi connectivity index (χ4v) is 3.54. The van der Waals surface area contributed by atoms with Gasteiger partial charge in [0.15, 0.2) is 11.0 Å². The highest BCUT2D eigenvalue weighted by Gasteiger charge is 2.18. The quantitative estimate of drug-likeness (QED) is 0.534. The maximum absolute atomic E-state index is 12.2. The molecule has 0 aliphatic carbocycles. The molecular formula is C21H23ClN4O2S. The van der Waals surface area contributed by atoms with E-state index in [0.29, 0.717) is 28.5 Å². The summed E-state index contributed by atoms with van der Waals surface area (Å²) in [4.78, 5) is 12.2. The van der Waals surface area contributed by atoms with Gasteiger partial charge >= 0.3 is 0 Å². The Labute approximate surface area is 179 Å². The Kier molecular flexibility index (Phi) is 7.17. The molecule has 0 aliphatic heterocycles. The van der Waals surface area contributed by atoms with E-state index in [9.17, 15) is 4.79 Å². The third-order valence-electron chi connectivity index (χ3n) is 4.09. The fourth-order valence-electron chi connectivity index (χ4n) is 2.63. The van der Waals surface area contributed by atoms with Gasteiger partial charge in [-0.25, -0.2) is 0 Å². The lowest BCUT2D eigenvalue weighted by Gasteiger charge is -2.11. The third-order valence-corrected chi connectivity index (χ3v) is 5.27. The summed E-state index contributed by atoms with van der Waals surface area (Å²) >= 11 is 7.40. The van der Waals surface area contributed by atoms with Gasteiger partial charge in [0.05, 0.1) is 12.9 Å². The lowest BCUT2D eigenvalue weighted by molar-refractivity contribution is -0.118. The van der Waals surface area contributed by atoms with Crippen LogP contribution in [0, 0.1) is 5.92 Å². The van der Waals surface area contributed by atoms with E-state index in [1.54, 1.807) is 7.11 Å². The number of hydrogen-bond donors (Lipinski definition) is 1. The second kappa shape index (κ2) is 9.80. The lowest BCUT2D eigenvalue weighted by Crippen LogP contribution is -2.28. The van der Waals surface area contributed by atoms with Crippen molar-refractivity contribution < 1.29 is 9.53 Å². The standard InChI is InChI=1S/C21H23ClN4O2S/c1-14(2)12-23-19(27)13-29-21-25-24-20(15-5-4-6-18(11-15)28-3)26(21)17-9-7-16(22)8-10-17/h4-11,14H,12-13H2,1-3H3,(H,23,27). The molecule has 152 valence electrons. The summed E-state index contributed by atoms with van der Waals surface area (Å²) in [5, 5.41) is 12.9. The Morgan fingerprint density at radius 3 is 2.66 bits per heavy atom. The van der Waals surface area contributed by atoms with Crippen molar-refractivity contribution in [1.82, 2.24) is 20.1 Å². The van der Waals surface area contributed by atoms with Gasteiger partial charge < -0.3 is 10.1 Å². The summed E-state index contributed by atoms with van der Waals surface area (Å²) in [6, 6.07) is 15.1. The molecule has 0 radical (unpaired) electrons. The van der Waals surface area contributed by atoms with E-state index in [0.717, 1.165) is 17.0 Å². The summed E-state index contributed by atoms with van der Waals surface area (Å²) in [5.41, 5.74) is 1.73. The Bertz CT molecular complexity index is 973. The molecule has 1 amide bonds. The number of rotatable bonds is 8. The monoisotopic (exact) mass is 430 g/mol. The third kappa shape index (κ3) is 5.52. The molecule has 0 saturated heterocycles. The van der Waals surface area contributed by atoms with Crippen LogP contribution in [-0.2, 0) is 4.79 Å². The van der Waals surface area contributed by atoms with Crippen LogP contribution >= 0.6 is 23.4 Å².